The van der Waals surface area contributed by atoms with Gasteiger partial charge in [-0.25, -0.2) is 0 Å². The molecule has 0 spiro atoms. The Labute approximate surface area is 148 Å². The predicted molar refractivity (Wildman–Crippen MR) is 93.2 cm³/mol. The zero-order chi connectivity index (χ0) is 18.4. The predicted octanol–water partition coefficient (Wildman–Crippen LogP) is 1.74. The van der Waals surface area contributed by atoms with Crippen molar-refractivity contribution < 1.29 is 19.2 Å². The van der Waals surface area contributed by atoms with Crippen LogP contribution in [0.15, 0.2) is 59.1 Å². The van der Waals surface area contributed by atoms with E-state index in [1.807, 2.05) is 30.3 Å². The zero-order valence-electron chi connectivity index (χ0n) is 13.7. The molecule has 2 amide bonds. The Hall–Kier alpha value is -3.68. The van der Waals surface area contributed by atoms with Gasteiger partial charge in [-0.15, -0.1) is 0 Å². The van der Waals surface area contributed by atoms with Crippen LogP contribution in [0, 0.1) is 0 Å². The molecule has 0 aliphatic rings. The zero-order valence-corrected chi connectivity index (χ0v) is 13.7. The van der Waals surface area contributed by atoms with Gasteiger partial charge in [0.15, 0.2) is 0 Å². The van der Waals surface area contributed by atoms with E-state index >= 15 is 0 Å². The highest BCUT2D eigenvalue weighted by Crippen LogP contribution is 2.15. The number of anilines is 1. The molecule has 0 atom stereocenters. The fourth-order valence-electron chi connectivity index (χ4n) is 2.20. The minimum absolute atomic E-state index is 0.00572. The average Bonchev–Trinajstić information content (AvgIpc) is 3.11. The van der Waals surface area contributed by atoms with Crippen molar-refractivity contribution in [3.05, 3.63) is 60.5 Å². The number of nitrogens with zero attached hydrogens (tertiary/aromatic N) is 2. The molecule has 26 heavy (non-hydrogen) atoms. The second-order valence-corrected chi connectivity index (χ2v) is 5.39. The fraction of sp³-hybridized carbons (Fsp3) is 0.111. The van der Waals surface area contributed by atoms with E-state index in [9.17, 15) is 14.7 Å². The van der Waals surface area contributed by atoms with Crippen LogP contribution in [0.5, 0.6) is 5.75 Å². The standard InChI is InChI=1S/C18H16N4O4/c23-14-8-4-7-13(11-14)20-18(25)17(24)19-10-9-15-21-16(22-26-15)12-5-2-1-3-6-12/h1-8,11,23H,9-10H2,(H,19,24)(H,20,25). The Morgan fingerprint density at radius 2 is 1.85 bits per heavy atom. The number of nitrogens with one attached hydrogen (secondary N) is 2. The van der Waals surface area contributed by atoms with Gasteiger partial charge in [-0.05, 0) is 12.1 Å². The van der Waals surface area contributed by atoms with Gasteiger partial charge in [-0.3, -0.25) is 9.59 Å². The van der Waals surface area contributed by atoms with E-state index in [1.165, 1.54) is 12.1 Å². The Kier molecular flexibility index (Phi) is 5.23. The van der Waals surface area contributed by atoms with Crippen molar-refractivity contribution in [2.75, 3.05) is 11.9 Å². The Balaban J connectivity index is 1.48. The number of amides is 2. The first-order chi connectivity index (χ1) is 12.6. The van der Waals surface area contributed by atoms with Gasteiger partial charge < -0.3 is 20.3 Å². The molecule has 1 aromatic heterocycles. The number of phenols is 1. The van der Waals surface area contributed by atoms with Crippen LogP contribution in [0.1, 0.15) is 5.89 Å². The highest BCUT2D eigenvalue weighted by molar-refractivity contribution is 6.39. The molecule has 0 fully saturated rings. The van der Waals surface area contributed by atoms with E-state index in [4.69, 9.17) is 4.52 Å². The SMILES string of the molecule is O=C(NCCc1nc(-c2ccccc2)no1)C(=O)Nc1cccc(O)c1. The molecule has 1 heterocycles. The summed E-state index contributed by atoms with van der Waals surface area (Å²) in [6.07, 6.45) is 0.297. The van der Waals surface area contributed by atoms with Gasteiger partial charge in [0.05, 0.1) is 0 Å². The first kappa shape index (κ1) is 17.2. The van der Waals surface area contributed by atoms with Crippen molar-refractivity contribution in [2.24, 2.45) is 0 Å². The molecule has 3 aromatic rings. The van der Waals surface area contributed by atoms with Gasteiger partial charge in [-0.2, -0.15) is 4.98 Å². The maximum atomic E-state index is 11.8. The largest absolute Gasteiger partial charge is 0.508 e. The highest BCUT2D eigenvalue weighted by atomic mass is 16.5. The third-order valence-electron chi connectivity index (χ3n) is 3.43. The molecule has 8 nitrogen and oxygen atoms in total. The molecule has 0 aliphatic carbocycles. The molecule has 132 valence electrons. The van der Waals surface area contributed by atoms with Crippen LogP contribution in [0.3, 0.4) is 0 Å². The molecule has 0 aliphatic heterocycles. The number of aromatic nitrogens is 2. The maximum Gasteiger partial charge on any atom is 0.313 e. The Morgan fingerprint density at radius 3 is 2.62 bits per heavy atom. The van der Waals surface area contributed by atoms with Crippen LogP contribution in [0.4, 0.5) is 5.69 Å². The summed E-state index contributed by atoms with van der Waals surface area (Å²) in [6.45, 7) is 0.169. The van der Waals surface area contributed by atoms with Gasteiger partial charge in [0.25, 0.3) is 0 Å². The van der Waals surface area contributed by atoms with Gasteiger partial charge >= 0.3 is 11.8 Å². The van der Waals surface area contributed by atoms with Crippen molar-refractivity contribution in [1.82, 2.24) is 15.5 Å². The summed E-state index contributed by atoms with van der Waals surface area (Å²) in [5.74, 6) is -0.804. The maximum absolute atomic E-state index is 11.8. The summed E-state index contributed by atoms with van der Waals surface area (Å²) < 4.78 is 5.13. The van der Waals surface area contributed by atoms with Crippen molar-refractivity contribution >= 4 is 17.5 Å². The topological polar surface area (TPSA) is 117 Å². The highest BCUT2D eigenvalue weighted by Gasteiger charge is 2.14. The van der Waals surface area contributed by atoms with Crippen LogP contribution >= 0.6 is 0 Å². The monoisotopic (exact) mass is 352 g/mol. The quantitative estimate of drug-likeness (QED) is 0.602. The van der Waals surface area contributed by atoms with Crippen LogP contribution in [-0.4, -0.2) is 33.6 Å². The van der Waals surface area contributed by atoms with Crippen LogP contribution in [0.2, 0.25) is 0 Å². The number of carbonyl (C=O) groups is 2. The van der Waals surface area contributed by atoms with Crippen LogP contribution in [0.25, 0.3) is 11.4 Å². The number of phenolic OH excluding ortho intramolecular Hbond substituents is 1. The third-order valence-corrected chi connectivity index (χ3v) is 3.43. The van der Waals surface area contributed by atoms with E-state index in [0.717, 1.165) is 5.56 Å². The van der Waals surface area contributed by atoms with E-state index < -0.39 is 11.8 Å². The van der Waals surface area contributed by atoms with E-state index in [2.05, 4.69) is 20.8 Å². The summed E-state index contributed by atoms with van der Waals surface area (Å²) in [7, 11) is 0. The lowest BCUT2D eigenvalue weighted by Gasteiger charge is -2.05. The number of carbonyl (C=O) groups excluding carboxylic acids is 2. The fourth-order valence-corrected chi connectivity index (χ4v) is 2.20. The molecule has 3 rings (SSSR count). The van der Waals surface area contributed by atoms with Crippen LogP contribution in [-0.2, 0) is 16.0 Å². The Morgan fingerprint density at radius 1 is 1.04 bits per heavy atom. The van der Waals surface area contributed by atoms with Crippen molar-refractivity contribution in [1.29, 1.82) is 0 Å². The number of hydrogen-bond acceptors (Lipinski definition) is 6. The second kappa shape index (κ2) is 7.93. The number of aromatic hydroxyl groups is 1. The number of hydrogen-bond donors (Lipinski definition) is 3. The molecule has 0 saturated carbocycles. The lowest BCUT2D eigenvalue weighted by atomic mass is 10.2. The molecule has 0 unspecified atom stereocenters. The summed E-state index contributed by atoms with van der Waals surface area (Å²) in [6, 6.07) is 15.3. The summed E-state index contributed by atoms with van der Waals surface area (Å²) in [4.78, 5) is 27.8. The van der Waals surface area contributed by atoms with Gasteiger partial charge in [0.1, 0.15) is 5.75 Å². The van der Waals surface area contributed by atoms with E-state index in [1.54, 1.807) is 12.1 Å². The molecular weight excluding hydrogens is 336 g/mol. The van der Waals surface area contributed by atoms with E-state index in [0.29, 0.717) is 23.8 Å². The molecule has 0 radical (unpaired) electrons. The van der Waals surface area contributed by atoms with Crippen molar-refractivity contribution in [2.45, 2.75) is 6.42 Å². The first-order valence-corrected chi connectivity index (χ1v) is 7.88. The second-order valence-electron chi connectivity index (χ2n) is 5.39. The smallest absolute Gasteiger partial charge is 0.313 e. The molecule has 2 aromatic carbocycles. The van der Waals surface area contributed by atoms with Gasteiger partial charge in [-0.1, -0.05) is 41.6 Å². The van der Waals surface area contributed by atoms with Crippen molar-refractivity contribution in [3.63, 3.8) is 0 Å². The molecular formula is C18H16N4O4. The first-order valence-electron chi connectivity index (χ1n) is 7.88. The van der Waals surface area contributed by atoms with Crippen molar-refractivity contribution in [3.8, 4) is 17.1 Å². The summed E-state index contributed by atoms with van der Waals surface area (Å²) in [5.41, 5.74) is 1.16. The normalized spacial score (nSPS) is 10.3. The average molecular weight is 352 g/mol. The van der Waals surface area contributed by atoms with Gasteiger partial charge in [0, 0.05) is 30.3 Å². The lowest BCUT2D eigenvalue weighted by Crippen LogP contribution is -2.36. The Bertz CT molecular complexity index is 908. The number of benzene rings is 2. The number of rotatable bonds is 5. The molecule has 3 N–H and O–H groups in total. The molecule has 0 bridgehead atoms. The third kappa shape index (κ3) is 4.44. The summed E-state index contributed by atoms with van der Waals surface area (Å²) >= 11 is 0. The lowest BCUT2D eigenvalue weighted by molar-refractivity contribution is -0.136. The minimum Gasteiger partial charge on any atom is -0.508 e. The molecule has 8 heteroatoms. The molecule has 0 saturated heterocycles. The van der Waals surface area contributed by atoms with E-state index in [-0.39, 0.29) is 12.3 Å². The minimum atomic E-state index is -0.828. The summed E-state index contributed by atoms with van der Waals surface area (Å²) in [5, 5.41) is 18.1. The van der Waals surface area contributed by atoms with Crippen LogP contribution < -0.4 is 10.6 Å². The van der Waals surface area contributed by atoms with Gasteiger partial charge in [0.2, 0.25) is 11.7 Å².